The highest BCUT2D eigenvalue weighted by atomic mass is 35.5. The summed E-state index contributed by atoms with van der Waals surface area (Å²) >= 11 is 1.70. The highest BCUT2D eigenvalue weighted by Gasteiger charge is 2.26. The van der Waals surface area contributed by atoms with Gasteiger partial charge in [0.2, 0.25) is 5.91 Å². The standard InChI is InChI=1S/C18H19FN2OS.ClH/c19-13-6-7-17-14(10-13)16(8-9-23-17)21-18(22)15(11-20)12-4-2-1-3-5-12;/h1-7,10,15-16H,8-9,11,20H2,(H,21,22);1H. The third kappa shape index (κ3) is 4.09. The van der Waals surface area contributed by atoms with Crippen molar-refractivity contribution in [2.24, 2.45) is 5.73 Å². The Morgan fingerprint density at radius 2 is 2.04 bits per heavy atom. The average Bonchev–Trinajstić information content (AvgIpc) is 2.57. The fourth-order valence-electron chi connectivity index (χ4n) is 2.87. The number of hydrogen-bond acceptors (Lipinski definition) is 3. The smallest absolute Gasteiger partial charge is 0.229 e. The highest BCUT2D eigenvalue weighted by molar-refractivity contribution is 7.99. The van der Waals surface area contributed by atoms with Gasteiger partial charge in [-0.15, -0.1) is 24.2 Å². The molecule has 0 aliphatic carbocycles. The summed E-state index contributed by atoms with van der Waals surface area (Å²) in [5.74, 6) is 0.139. The largest absolute Gasteiger partial charge is 0.349 e. The van der Waals surface area contributed by atoms with E-state index in [1.165, 1.54) is 12.1 Å². The van der Waals surface area contributed by atoms with Crippen LogP contribution < -0.4 is 11.1 Å². The molecule has 0 radical (unpaired) electrons. The van der Waals surface area contributed by atoms with Crippen molar-refractivity contribution in [2.45, 2.75) is 23.3 Å². The Bertz CT molecular complexity index is 699. The molecule has 2 unspecified atom stereocenters. The molecule has 1 amide bonds. The molecule has 2 aromatic carbocycles. The third-order valence-corrected chi connectivity index (χ3v) is 5.20. The molecule has 0 aromatic heterocycles. The molecule has 2 aromatic rings. The van der Waals surface area contributed by atoms with E-state index in [0.29, 0.717) is 0 Å². The summed E-state index contributed by atoms with van der Waals surface area (Å²) in [4.78, 5) is 13.7. The summed E-state index contributed by atoms with van der Waals surface area (Å²) in [6, 6.07) is 14.1. The first kappa shape index (κ1) is 18.8. The number of nitrogens with one attached hydrogen (secondary N) is 1. The van der Waals surface area contributed by atoms with Crippen LogP contribution >= 0.6 is 24.2 Å². The average molecular weight is 367 g/mol. The van der Waals surface area contributed by atoms with Gasteiger partial charge in [0.05, 0.1) is 12.0 Å². The van der Waals surface area contributed by atoms with Crippen LogP contribution in [0.2, 0.25) is 0 Å². The Morgan fingerprint density at radius 1 is 1.29 bits per heavy atom. The van der Waals surface area contributed by atoms with Crippen LogP contribution in [0.3, 0.4) is 0 Å². The van der Waals surface area contributed by atoms with Crippen LogP contribution in [-0.4, -0.2) is 18.2 Å². The molecule has 1 heterocycles. The van der Waals surface area contributed by atoms with Gasteiger partial charge in [-0.3, -0.25) is 4.79 Å². The summed E-state index contributed by atoms with van der Waals surface area (Å²) in [5.41, 5.74) is 7.56. The van der Waals surface area contributed by atoms with Gasteiger partial charge in [0.1, 0.15) is 5.82 Å². The van der Waals surface area contributed by atoms with Crippen molar-refractivity contribution >= 4 is 30.1 Å². The summed E-state index contributed by atoms with van der Waals surface area (Å²) in [7, 11) is 0. The van der Waals surface area contributed by atoms with Crippen LogP contribution in [0.1, 0.15) is 29.5 Å². The summed E-state index contributed by atoms with van der Waals surface area (Å²) < 4.78 is 13.6. The van der Waals surface area contributed by atoms with E-state index in [2.05, 4.69) is 5.32 Å². The molecule has 6 heteroatoms. The fraction of sp³-hybridized carbons (Fsp3) is 0.278. The molecule has 128 valence electrons. The molecule has 2 atom stereocenters. The van der Waals surface area contributed by atoms with Crippen LogP contribution in [0.25, 0.3) is 0 Å². The second-order valence-electron chi connectivity index (χ2n) is 5.58. The van der Waals surface area contributed by atoms with E-state index in [9.17, 15) is 9.18 Å². The lowest BCUT2D eigenvalue weighted by molar-refractivity contribution is -0.123. The van der Waals surface area contributed by atoms with Gasteiger partial charge in [-0.2, -0.15) is 0 Å². The van der Waals surface area contributed by atoms with Gasteiger partial charge in [-0.1, -0.05) is 30.3 Å². The zero-order chi connectivity index (χ0) is 16.2. The molecule has 0 saturated carbocycles. The van der Waals surface area contributed by atoms with Crippen LogP contribution in [0, 0.1) is 5.82 Å². The number of carbonyl (C=O) groups is 1. The molecule has 0 saturated heterocycles. The van der Waals surface area contributed by atoms with Gasteiger partial charge in [0, 0.05) is 17.2 Å². The van der Waals surface area contributed by atoms with Crippen molar-refractivity contribution in [2.75, 3.05) is 12.3 Å². The van der Waals surface area contributed by atoms with E-state index in [1.54, 1.807) is 17.8 Å². The molecular formula is C18H20ClFN2OS. The number of thioether (sulfide) groups is 1. The normalized spacial score (nSPS) is 17.3. The number of carbonyl (C=O) groups excluding carboxylic acids is 1. The lowest BCUT2D eigenvalue weighted by Crippen LogP contribution is -2.37. The second kappa shape index (κ2) is 8.51. The van der Waals surface area contributed by atoms with Gasteiger partial charge in [0.15, 0.2) is 0 Å². The Morgan fingerprint density at radius 3 is 2.75 bits per heavy atom. The second-order valence-corrected chi connectivity index (χ2v) is 6.72. The minimum absolute atomic E-state index is 0. The Balaban J connectivity index is 0.00000208. The summed E-state index contributed by atoms with van der Waals surface area (Å²) in [6.45, 7) is 0.243. The number of benzene rings is 2. The molecule has 1 aliphatic heterocycles. The number of hydrogen-bond donors (Lipinski definition) is 2. The molecule has 0 fully saturated rings. The van der Waals surface area contributed by atoms with Crippen LogP contribution in [-0.2, 0) is 4.79 Å². The number of halogens is 2. The molecule has 3 N–H and O–H groups in total. The number of rotatable bonds is 4. The van der Waals surface area contributed by atoms with Crippen LogP contribution in [0.4, 0.5) is 4.39 Å². The van der Waals surface area contributed by atoms with Gasteiger partial charge >= 0.3 is 0 Å². The maximum absolute atomic E-state index is 13.6. The molecule has 0 spiro atoms. The van der Waals surface area contributed by atoms with E-state index in [0.717, 1.165) is 28.2 Å². The number of fused-ring (bicyclic) bond motifs is 1. The Hall–Kier alpha value is -1.56. The SMILES string of the molecule is Cl.NCC(C(=O)NC1CCSc2ccc(F)cc21)c1ccccc1. The third-order valence-electron chi connectivity index (χ3n) is 4.08. The van der Waals surface area contributed by atoms with Crippen molar-refractivity contribution < 1.29 is 9.18 Å². The van der Waals surface area contributed by atoms with E-state index < -0.39 is 0 Å². The van der Waals surface area contributed by atoms with Crippen LogP contribution in [0.15, 0.2) is 53.4 Å². The quantitative estimate of drug-likeness (QED) is 0.868. The first-order valence-corrected chi connectivity index (χ1v) is 8.65. The minimum atomic E-state index is -0.386. The van der Waals surface area contributed by atoms with E-state index in [4.69, 9.17) is 5.73 Å². The number of amides is 1. The predicted octanol–water partition coefficient (Wildman–Crippen LogP) is 3.64. The molecular weight excluding hydrogens is 347 g/mol. The first-order chi connectivity index (χ1) is 11.2. The van der Waals surface area contributed by atoms with Gasteiger partial charge in [-0.05, 0) is 35.7 Å². The zero-order valence-corrected chi connectivity index (χ0v) is 14.7. The zero-order valence-electron chi connectivity index (χ0n) is 13.1. The van der Waals surface area contributed by atoms with Crippen LogP contribution in [0.5, 0.6) is 0 Å². The maximum atomic E-state index is 13.6. The Kier molecular flexibility index (Phi) is 6.66. The predicted molar refractivity (Wildman–Crippen MR) is 98.1 cm³/mol. The summed E-state index contributed by atoms with van der Waals surface area (Å²) in [5, 5.41) is 3.05. The summed E-state index contributed by atoms with van der Waals surface area (Å²) in [6.07, 6.45) is 0.791. The van der Waals surface area contributed by atoms with E-state index in [1.807, 2.05) is 30.3 Å². The van der Waals surface area contributed by atoms with Crippen molar-refractivity contribution in [1.29, 1.82) is 0 Å². The molecule has 3 nitrogen and oxygen atoms in total. The molecule has 3 rings (SSSR count). The topological polar surface area (TPSA) is 55.1 Å². The van der Waals surface area contributed by atoms with Crippen molar-refractivity contribution in [3.63, 3.8) is 0 Å². The maximum Gasteiger partial charge on any atom is 0.229 e. The number of nitrogens with two attached hydrogens (primary N) is 1. The van der Waals surface area contributed by atoms with E-state index >= 15 is 0 Å². The highest BCUT2D eigenvalue weighted by Crippen LogP contribution is 2.36. The van der Waals surface area contributed by atoms with Gasteiger partial charge < -0.3 is 11.1 Å². The first-order valence-electron chi connectivity index (χ1n) is 7.66. The van der Waals surface area contributed by atoms with Crippen molar-refractivity contribution in [3.8, 4) is 0 Å². The van der Waals surface area contributed by atoms with Crippen molar-refractivity contribution in [1.82, 2.24) is 5.32 Å². The lowest BCUT2D eigenvalue weighted by Gasteiger charge is -2.27. The van der Waals surface area contributed by atoms with Crippen molar-refractivity contribution in [3.05, 3.63) is 65.5 Å². The monoisotopic (exact) mass is 366 g/mol. The lowest BCUT2D eigenvalue weighted by atomic mass is 9.96. The minimum Gasteiger partial charge on any atom is -0.349 e. The Labute approximate surface area is 151 Å². The molecule has 1 aliphatic rings. The molecule has 0 bridgehead atoms. The van der Waals surface area contributed by atoms with Gasteiger partial charge in [0.25, 0.3) is 0 Å². The fourth-order valence-corrected chi connectivity index (χ4v) is 3.97. The van der Waals surface area contributed by atoms with Gasteiger partial charge in [-0.25, -0.2) is 4.39 Å². The molecule has 24 heavy (non-hydrogen) atoms. The van der Waals surface area contributed by atoms with E-state index in [-0.39, 0.29) is 42.6 Å².